The van der Waals surface area contributed by atoms with Crippen LogP contribution in [0.2, 0.25) is 0 Å². The molecule has 0 saturated heterocycles. The van der Waals surface area contributed by atoms with Gasteiger partial charge in [0.2, 0.25) is 0 Å². The number of phenols is 1. The van der Waals surface area contributed by atoms with Gasteiger partial charge in [-0.3, -0.25) is 0 Å². The molecule has 16 heavy (non-hydrogen) atoms. The van der Waals surface area contributed by atoms with Crippen LogP contribution in [0.3, 0.4) is 0 Å². The van der Waals surface area contributed by atoms with Crippen LogP contribution in [-0.4, -0.2) is 11.4 Å². The van der Waals surface area contributed by atoms with Crippen LogP contribution in [0.25, 0.3) is 0 Å². The van der Waals surface area contributed by atoms with Crippen LogP contribution in [0.15, 0.2) is 29.2 Å². The zero-order chi connectivity index (χ0) is 13.1. The molecular weight excluding hydrogens is 277 g/mol. The van der Waals surface area contributed by atoms with E-state index in [1.165, 1.54) is 16.7 Å². The molecule has 0 aliphatic rings. The third kappa shape index (κ3) is 15.8. The van der Waals surface area contributed by atoms with Crippen molar-refractivity contribution in [1.82, 2.24) is 0 Å². The summed E-state index contributed by atoms with van der Waals surface area (Å²) in [5, 5.41) is 8.85. The van der Waals surface area contributed by atoms with E-state index in [2.05, 4.69) is 6.26 Å². The van der Waals surface area contributed by atoms with Gasteiger partial charge in [-0.25, -0.2) is 0 Å². The summed E-state index contributed by atoms with van der Waals surface area (Å²) in [7, 11) is -10.7. The third-order valence-electron chi connectivity index (χ3n) is 1.11. The number of halogens is 6. The summed E-state index contributed by atoms with van der Waals surface area (Å²) in [6.45, 7) is 0. The zero-order valence-electron chi connectivity index (χ0n) is 7.92. The Kier molecular flexibility index (Phi) is 3.84. The molecule has 0 aromatic heterocycles. The zero-order valence-corrected chi connectivity index (χ0v) is 9.71. The maximum atomic E-state index is 9.87. The van der Waals surface area contributed by atoms with Crippen molar-refractivity contribution in [2.45, 2.75) is 4.90 Å². The predicted molar refractivity (Wildman–Crippen MR) is 54.6 cm³/mol. The van der Waals surface area contributed by atoms with E-state index in [0.29, 0.717) is 5.75 Å². The maximum absolute atomic E-state index is 10.7. The first kappa shape index (κ1) is 15.4. The van der Waals surface area contributed by atoms with Crippen molar-refractivity contribution < 1.29 is 30.3 Å². The van der Waals surface area contributed by atoms with E-state index in [0.717, 1.165) is 0 Å². The van der Waals surface area contributed by atoms with E-state index in [1.54, 1.807) is 12.1 Å². The molecule has 0 amide bonds. The van der Waals surface area contributed by atoms with Gasteiger partial charge in [-0.15, -0.1) is 0 Å². The molecule has 0 aliphatic carbocycles. The molecule has 0 heterocycles. The van der Waals surface area contributed by atoms with E-state index in [9.17, 15) is 25.2 Å². The van der Waals surface area contributed by atoms with Gasteiger partial charge in [0.1, 0.15) is 12.0 Å². The van der Waals surface area contributed by atoms with Gasteiger partial charge in [-0.05, 0) is 24.3 Å². The average molecular weight is 286 g/mol. The van der Waals surface area contributed by atoms with Crippen LogP contribution >= 0.6 is 7.81 Å². The molecule has 0 spiro atoms. The predicted octanol–water partition coefficient (Wildman–Crippen LogP) is 4.58. The van der Waals surface area contributed by atoms with Gasteiger partial charge in [0.25, 0.3) is 0 Å². The monoisotopic (exact) mass is 286 g/mol. The van der Waals surface area contributed by atoms with E-state index in [-0.39, 0.29) is 0 Å². The van der Waals surface area contributed by atoms with E-state index in [4.69, 9.17) is 5.11 Å². The van der Waals surface area contributed by atoms with Crippen LogP contribution < -0.4 is 0 Å². The molecule has 1 aromatic carbocycles. The van der Waals surface area contributed by atoms with Crippen molar-refractivity contribution in [1.29, 1.82) is 0 Å². The SMILES string of the molecule is C[SH+]c1ccc(O)cc1.F[P-](F)(F)(F)(F)F. The topological polar surface area (TPSA) is 20.2 Å². The summed E-state index contributed by atoms with van der Waals surface area (Å²) >= 11 is 1.24. The van der Waals surface area contributed by atoms with Crippen molar-refractivity contribution in [2.24, 2.45) is 0 Å². The fourth-order valence-corrected chi connectivity index (χ4v) is 1.05. The van der Waals surface area contributed by atoms with Gasteiger partial charge in [0.05, 0.1) is 0 Å². The fraction of sp³-hybridized carbons (Fsp3) is 0.143. The van der Waals surface area contributed by atoms with Crippen molar-refractivity contribution in [3.05, 3.63) is 24.3 Å². The quantitative estimate of drug-likeness (QED) is 0.347. The van der Waals surface area contributed by atoms with Crippen molar-refractivity contribution in [3.8, 4) is 5.75 Å². The van der Waals surface area contributed by atoms with Crippen molar-refractivity contribution in [3.63, 3.8) is 0 Å². The number of hydrogen-bond donors (Lipinski definition) is 1. The molecule has 0 fully saturated rings. The molecule has 0 bridgehead atoms. The summed E-state index contributed by atoms with van der Waals surface area (Å²) in [5.74, 6) is 0.336. The summed E-state index contributed by atoms with van der Waals surface area (Å²) in [5.41, 5.74) is 0. The van der Waals surface area contributed by atoms with Crippen LogP contribution in [0.1, 0.15) is 0 Å². The molecular formula is C7H9F6OPS. The Labute approximate surface area is 91.7 Å². The summed E-state index contributed by atoms with van der Waals surface area (Å²) in [4.78, 5) is 1.23. The number of thiol groups is 1. The number of hydrogen-bond acceptors (Lipinski definition) is 1. The van der Waals surface area contributed by atoms with Crippen molar-refractivity contribution >= 4 is 19.6 Å². The average Bonchev–Trinajstić information content (AvgIpc) is 2.00. The van der Waals surface area contributed by atoms with Crippen LogP contribution in [0.4, 0.5) is 25.2 Å². The molecule has 0 unspecified atom stereocenters. The Hall–Kier alpha value is -0.620. The van der Waals surface area contributed by atoms with E-state index < -0.39 is 7.81 Å². The number of benzene rings is 1. The molecule has 9 heteroatoms. The first-order valence-electron chi connectivity index (χ1n) is 3.73. The molecule has 0 saturated carbocycles. The molecule has 0 atom stereocenters. The molecule has 1 aromatic rings. The first-order chi connectivity index (χ1) is 6.78. The Morgan fingerprint density at radius 1 is 0.938 bits per heavy atom. The Balaban J connectivity index is 0.000000293. The van der Waals surface area contributed by atoms with Gasteiger partial charge >= 0.3 is 33.0 Å². The summed E-state index contributed by atoms with van der Waals surface area (Å²) < 4.78 is 59.2. The Bertz CT molecular complexity index is 332. The van der Waals surface area contributed by atoms with Crippen molar-refractivity contribution in [2.75, 3.05) is 6.26 Å². The normalized spacial score (nSPS) is 15.4. The van der Waals surface area contributed by atoms with Crippen LogP contribution in [-0.2, 0) is 11.8 Å². The summed E-state index contributed by atoms with van der Waals surface area (Å²) in [6.07, 6.45) is 2.06. The fourth-order valence-electron chi connectivity index (χ4n) is 0.602. The van der Waals surface area contributed by atoms with Gasteiger partial charge in [-0.1, -0.05) is 0 Å². The second-order valence-electron chi connectivity index (χ2n) is 2.70. The molecule has 0 aliphatic heterocycles. The number of phenolic OH excluding ortho intramolecular Hbond substituents is 1. The second kappa shape index (κ2) is 4.00. The third-order valence-corrected chi connectivity index (χ3v) is 1.92. The molecule has 1 nitrogen and oxygen atoms in total. The van der Waals surface area contributed by atoms with Gasteiger partial charge in [0, 0.05) is 11.8 Å². The van der Waals surface area contributed by atoms with Gasteiger partial charge in [-0.2, -0.15) is 0 Å². The minimum atomic E-state index is -10.7. The number of aromatic hydroxyl groups is 1. The summed E-state index contributed by atoms with van der Waals surface area (Å²) in [6, 6.07) is 7.23. The van der Waals surface area contributed by atoms with E-state index in [1.807, 2.05) is 12.1 Å². The van der Waals surface area contributed by atoms with Gasteiger partial charge < -0.3 is 5.11 Å². The van der Waals surface area contributed by atoms with Crippen LogP contribution in [0.5, 0.6) is 5.75 Å². The second-order valence-corrected chi connectivity index (χ2v) is 5.58. The first-order valence-corrected chi connectivity index (χ1v) is 7.10. The molecule has 0 radical (unpaired) electrons. The Morgan fingerprint density at radius 3 is 1.50 bits per heavy atom. The molecule has 1 N–H and O–H groups in total. The van der Waals surface area contributed by atoms with Gasteiger partial charge in [0.15, 0.2) is 4.90 Å². The number of rotatable bonds is 1. The Morgan fingerprint density at radius 2 is 1.25 bits per heavy atom. The van der Waals surface area contributed by atoms with Crippen LogP contribution in [0, 0.1) is 0 Å². The standard InChI is InChI=1S/C7H8OS.F6P/c1-9-7-4-2-6(8)3-5-7;1-7(2,3,4,5)6/h2-5,8H,1H3;/q;-1/p+1. The van der Waals surface area contributed by atoms with E-state index >= 15 is 0 Å². The molecule has 1 rings (SSSR count). The minimum absolute atomic E-state index is 0.336. The molecule has 96 valence electrons.